The lowest BCUT2D eigenvalue weighted by Crippen LogP contribution is -2.44. The maximum Gasteiger partial charge on any atom is 0.311 e. The maximum absolute atomic E-state index is 11.9. The number of carbonyl (C=O) groups excluding carboxylic acids is 2. The lowest BCUT2D eigenvalue weighted by atomic mass is 10.2. The van der Waals surface area contributed by atoms with Crippen LogP contribution in [0.15, 0.2) is 0 Å². The third-order valence-electron chi connectivity index (χ3n) is 2.64. The molecule has 106 valence electrons. The summed E-state index contributed by atoms with van der Waals surface area (Å²) in [6, 6.07) is 0. The van der Waals surface area contributed by atoms with Crippen molar-refractivity contribution < 1.29 is 14.3 Å². The molecular formula is C13H26N2O3. The van der Waals surface area contributed by atoms with E-state index in [2.05, 4.69) is 19.2 Å². The monoisotopic (exact) mass is 258 g/mol. The Hall–Kier alpha value is -1.10. The molecule has 0 unspecified atom stereocenters. The Kier molecular flexibility index (Phi) is 10.3. The Morgan fingerprint density at radius 3 is 2.11 bits per heavy atom. The van der Waals surface area contributed by atoms with Crippen LogP contribution in [0.3, 0.4) is 0 Å². The van der Waals surface area contributed by atoms with E-state index in [0.29, 0.717) is 26.2 Å². The van der Waals surface area contributed by atoms with Crippen molar-refractivity contribution >= 4 is 11.8 Å². The van der Waals surface area contributed by atoms with Gasteiger partial charge in [0.15, 0.2) is 0 Å². The van der Waals surface area contributed by atoms with Crippen molar-refractivity contribution in [3.63, 3.8) is 0 Å². The van der Waals surface area contributed by atoms with Gasteiger partial charge in [-0.2, -0.15) is 0 Å². The number of hydrogen-bond donors (Lipinski definition) is 1. The topological polar surface area (TPSA) is 58.6 Å². The predicted molar refractivity (Wildman–Crippen MR) is 71.3 cm³/mol. The summed E-state index contributed by atoms with van der Waals surface area (Å²) >= 11 is 0. The van der Waals surface area contributed by atoms with Crippen molar-refractivity contribution in [1.29, 1.82) is 0 Å². The van der Waals surface area contributed by atoms with Crippen LogP contribution in [0, 0.1) is 0 Å². The second-order valence-electron chi connectivity index (χ2n) is 4.25. The minimum absolute atomic E-state index is 0.371. The summed E-state index contributed by atoms with van der Waals surface area (Å²) in [6.45, 7) is 6.25. The van der Waals surface area contributed by atoms with Gasteiger partial charge in [-0.15, -0.1) is 0 Å². The Bertz CT molecular complexity index is 236. The van der Waals surface area contributed by atoms with Crippen LogP contribution in [0.1, 0.15) is 39.5 Å². The minimum atomic E-state index is -0.528. The number of nitrogens with zero attached hydrogens (tertiary/aromatic N) is 1. The number of methoxy groups -OCH3 is 1. The molecule has 0 spiro atoms. The van der Waals surface area contributed by atoms with Gasteiger partial charge in [-0.05, 0) is 12.8 Å². The first-order chi connectivity index (χ1) is 8.67. The van der Waals surface area contributed by atoms with Gasteiger partial charge in [0.25, 0.3) is 0 Å². The number of amides is 2. The quantitative estimate of drug-likeness (QED) is 0.499. The molecule has 0 aliphatic heterocycles. The molecule has 0 aliphatic carbocycles. The van der Waals surface area contributed by atoms with Crippen LogP contribution in [0.2, 0.25) is 0 Å². The average molecular weight is 258 g/mol. The molecule has 0 aromatic carbocycles. The molecule has 0 aliphatic rings. The SMILES string of the molecule is CCCCN(CCCC)C(=O)C(=O)NCCOC. The fourth-order valence-electron chi connectivity index (χ4n) is 1.50. The molecule has 0 atom stereocenters. The molecule has 0 bridgehead atoms. The van der Waals surface area contributed by atoms with Gasteiger partial charge in [-0.1, -0.05) is 26.7 Å². The molecule has 1 N–H and O–H groups in total. The van der Waals surface area contributed by atoms with E-state index in [4.69, 9.17) is 4.74 Å². The largest absolute Gasteiger partial charge is 0.383 e. The highest BCUT2D eigenvalue weighted by atomic mass is 16.5. The number of ether oxygens (including phenoxy) is 1. The predicted octanol–water partition coefficient (Wildman–Crippen LogP) is 1.18. The smallest absolute Gasteiger partial charge is 0.311 e. The van der Waals surface area contributed by atoms with E-state index in [-0.39, 0.29) is 0 Å². The van der Waals surface area contributed by atoms with E-state index in [1.54, 1.807) is 12.0 Å². The Labute approximate surface area is 110 Å². The number of unbranched alkanes of at least 4 members (excludes halogenated alkanes) is 2. The standard InChI is InChI=1S/C13H26N2O3/c1-4-6-9-15(10-7-5-2)13(17)12(16)14-8-11-18-3/h4-11H2,1-3H3,(H,14,16). The highest BCUT2D eigenvalue weighted by Gasteiger charge is 2.20. The summed E-state index contributed by atoms with van der Waals surface area (Å²) in [5, 5.41) is 2.56. The van der Waals surface area contributed by atoms with Crippen LogP contribution in [0.5, 0.6) is 0 Å². The maximum atomic E-state index is 11.9. The van der Waals surface area contributed by atoms with Crippen molar-refractivity contribution in [2.24, 2.45) is 0 Å². The lowest BCUT2D eigenvalue weighted by Gasteiger charge is -2.21. The van der Waals surface area contributed by atoms with Crippen LogP contribution >= 0.6 is 0 Å². The van der Waals surface area contributed by atoms with Crippen molar-refractivity contribution in [2.75, 3.05) is 33.4 Å². The minimum Gasteiger partial charge on any atom is -0.383 e. The Morgan fingerprint density at radius 2 is 1.67 bits per heavy atom. The molecule has 0 aromatic heterocycles. The normalized spacial score (nSPS) is 10.2. The molecule has 0 fully saturated rings. The fraction of sp³-hybridized carbons (Fsp3) is 0.846. The molecule has 5 nitrogen and oxygen atoms in total. The first-order valence-electron chi connectivity index (χ1n) is 6.73. The first kappa shape index (κ1) is 16.9. The summed E-state index contributed by atoms with van der Waals surface area (Å²) in [7, 11) is 1.56. The van der Waals surface area contributed by atoms with Crippen LogP contribution in [0.4, 0.5) is 0 Å². The second kappa shape index (κ2) is 11.0. The molecule has 0 saturated carbocycles. The molecule has 0 heterocycles. The second-order valence-corrected chi connectivity index (χ2v) is 4.25. The van der Waals surface area contributed by atoms with E-state index in [9.17, 15) is 9.59 Å². The Morgan fingerprint density at radius 1 is 1.11 bits per heavy atom. The van der Waals surface area contributed by atoms with Gasteiger partial charge >= 0.3 is 11.8 Å². The number of rotatable bonds is 9. The van der Waals surface area contributed by atoms with E-state index < -0.39 is 11.8 Å². The zero-order valence-corrected chi connectivity index (χ0v) is 11.8. The van der Waals surface area contributed by atoms with Crippen LogP contribution in [-0.2, 0) is 14.3 Å². The fourth-order valence-corrected chi connectivity index (χ4v) is 1.50. The first-order valence-corrected chi connectivity index (χ1v) is 6.73. The van der Waals surface area contributed by atoms with Gasteiger partial charge in [-0.3, -0.25) is 9.59 Å². The Balaban J connectivity index is 4.19. The summed E-state index contributed by atoms with van der Waals surface area (Å²) in [5.74, 6) is -0.952. The van der Waals surface area contributed by atoms with Gasteiger partial charge in [0, 0.05) is 26.7 Å². The van der Waals surface area contributed by atoms with E-state index in [1.807, 2.05) is 0 Å². The number of hydrogen-bond acceptors (Lipinski definition) is 3. The van der Waals surface area contributed by atoms with E-state index in [0.717, 1.165) is 25.7 Å². The highest BCUT2D eigenvalue weighted by Crippen LogP contribution is 2.00. The van der Waals surface area contributed by atoms with Crippen LogP contribution < -0.4 is 5.32 Å². The molecule has 0 aromatic rings. The summed E-state index contributed by atoms with van der Waals surface area (Å²) in [5.41, 5.74) is 0. The van der Waals surface area contributed by atoms with Crippen molar-refractivity contribution in [3.05, 3.63) is 0 Å². The highest BCUT2D eigenvalue weighted by molar-refractivity contribution is 6.34. The van der Waals surface area contributed by atoms with E-state index in [1.165, 1.54) is 0 Å². The third-order valence-corrected chi connectivity index (χ3v) is 2.64. The van der Waals surface area contributed by atoms with Gasteiger partial charge in [0.05, 0.1) is 6.61 Å². The van der Waals surface area contributed by atoms with Gasteiger partial charge in [0.1, 0.15) is 0 Å². The number of nitrogens with one attached hydrogen (secondary N) is 1. The van der Waals surface area contributed by atoms with Gasteiger partial charge in [0.2, 0.25) is 0 Å². The van der Waals surface area contributed by atoms with Crippen molar-refractivity contribution in [1.82, 2.24) is 10.2 Å². The molecular weight excluding hydrogens is 232 g/mol. The van der Waals surface area contributed by atoms with Crippen LogP contribution in [-0.4, -0.2) is 50.1 Å². The third kappa shape index (κ3) is 7.27. The van der Waals surface area contributed by atoms with Gasteiger partial charge < -0.3 is 15.0 Å². The van der Waals surface area contributed by atoms with E-state index >= 15 is 0 Å². The molecule has 2 amide bonds. The molecule has 18 heavy (non-hydrogen) atoms. The average Bonchev–Trinajstić information content (AvgIpc) is 2.38. The molecule has 0 radical (unpaired) electrons. The van der Waals surface area contributed by atoms with Crippen LogP contribution in [0.25, 0.3) is 0 Å². The zero-order valence-electron chi connectivity index (χ0n) is 11.8. The molecule has 5 heteroatoms. The lowest BCUT2D eigenvalue weighted by molar-refractivity contribution is -0.146. The summed E-state index contributed by atoms with van der Waals surface area (Å²) in [6.07, 6.45) is 3.89. The molecule has 0 rings (SSSR count). The summed E-state index contributed by atoms with van der Waals surface area (Å²) < 4.78 is 4.82. The van der Waals surface area contributed by atoms with Crippen molar-refractivity contribution in [2.45, 2.75) is 39.5 Å². The molecule has 0 saturated heterocycles. The number of carbonyl (C=O) groups is 2. The summed E-state index contributed by atoms with van der Waals surface area (Å²) in [4.78, 5) is 25.2. The zero-order chi connectivity index (χ0) is 13.8. The van der Waals surface area contributed by atoms with Gasteiger partial charge in [-0.25, -0.2) is 0 Å². The van der Waals surface area contributed by atoms with Crippen molar-refractivity contribution in [3.8, 4) is 0 Å².